The summed E-state index contributed by atoms with van der Waals surface area (Å²) in [5.41, 5.74) is 4.43. The van der Waals surface area contributed by atoms with Crippen LogP contribution in [0.15, 0.2) is 48.5 Å². The molecule has 0 saturated heterocycles. The number of hydrogen-bond donors (Lipinski definition) is 3. The second-order valence-electron chi connectivity index (χ2n) is 7.83. The van der Waals surface area contributed by atoms with Crippen molar-refractivity contribution in [2.45, 2.75) is 37.8 Å². The summed E-state index contributed by atoms with van der Waals surface area (Å²) in [5, 5.41) is 14.4. The molecule has 2 aromatic rings. The number of rotatable bonds is 10. The average Bonchev–Trinajstić information content (AvgIpc) is 3.16. The number of carboxylic acids is 1. The topological polar surface area (TPSA) is 105 Å². The largest absolute Gasteiger partial charge is 0.480 e. The molecule has 2 aromatic carbocycles. The Kier molecular flexibility index (Phi) is 9.00. The van der Waals surface area contributed by atoms with Gasteiger partial charge in [-0.2, -0.15) is 11.8 Å². The zero-order valence-electron chi connectivity index (χ0n) is 19.2. The third-order valence-corrected chi connectivity index (χ3v) is 6.30. The number of nitrogens with one attached hydrogen (secondary N) is 2. The molecule has 0 spiro atoms. The van der Waals surface area contributed by atoms with E-state index < -0.39 is 30.1 Å². The fourth-order valence-electron chi connectivity index (χ4n) is 3.96. The zero-order chi connectivity index (χ0) is 24.5. The number of hydrogen-bond acceptors (Lipinski definition) is 5. The molecule has 8 heteroatoms. The van der Waals surface area contributed by atoms with E-state index in [1.54, 1.807) is 6.92 Å². The van der Waals surface area contributed by atoms with Gasteiger partial charge in [-0.15, -0.1) is 11.8 Å². The van der Waals surface area contributed by atoms with Crippen molar-refractivity contribution in [3.8, 4) is 23.0 Å². The Bertz CT molecular complexity index is 1060. The Morgan fingerprint density at radius 2 is 1.65 bits per heavy atom. The first-order valence-corrected chi connectivity index (χ1v) is 12.4. The number of amides is 2. The molecule has 2 unspecified atom stereocenters. The van der Waals surface area contributed by atoms with E-state index in [9.17, 15) is 19.5 Å². The molecule has 3 rings (SSSR count). The van der Waals surface area contributed by atoms with Gasteiger partial charge in [-0.25, -0.2) is 9.59 Å². The number of benzene rings is 2. The summed E-state index contributed by atoms with van der Waals surface area (Å²) in [4.78, 5) is 36.8. The van der Waals surface area contributed by atoms with E-state index in [0.717, 1.165) is 22.3 Å². The van der Waals surface area contributed by atoms with Crippen LogP contribution < -0.4 is 10.6 Å². The fourth-order valence-corrected chi connectivity index (χ4v) is 4.43. The molecule has 0 saturated carbocycles. The molecule has 0 aliphatic heterocycles. The molecule has 0 aromatic heterocycles. The molecular formula is C26H28N2O5S. The Morgan fingerprint density at radius 1 is 1.03 bits per heavy atom. The lowest BCUT2D eigenvalue weighted by Gasteiger charge is -2.21. The van der Waals surface area contributed by atoms with Crippen molar-refractivity contribution in [2.75, 3.05) is 18.6 Å². The van der Waals surface area contributed by atoms with Gasteiger partial charge in [0.05, 0.1) is 0 Å². The number of carbonyl (C=O) groups is 3. The van der Waals surface area contributed by atoms with E-state index in [4.69, 9.17) is 4.74 Å². The molecule has 0 heterocycles. The van der Waals surface area contributed by atoms with Gasteiger partial charge in [0.1, 0.15) is 18.7 Å². The monoisotopic (exact) mass is 480 g/mol. The van der Waals surface area contributed by atoms with Gasteiger partial charge >= 0.3 is 12.1 Å². The molecular weight excluding hydrogens is 452 g/mol. The molecule has 0 fully saturated rings. The molecule has 2 amide bonds. The van der Waals surface area contributed by atoms with Gasteiger partial charge in [0.15, 0.2) is 0 Å². The Hall–Kier alpha value is -3.44. The number of ether oxygens (including phenoxy) is 1. The number of alkyl carbamates (subject to hydrolysis) is 1. The predicted octanol–water partition coefficient (Wildman–Crippen LogP) is 3.63. The summed E-state index contributed by atoms with van der Waals surface area (Å²) in [6.07, 6.45) is 1.49. The molecule has 1 aliphatic carbocycles. The maximum Gasteiger partial charge on any atom is 0.407 e. The third kappa shape index (κ3) is 6.12. The summed E-state index contributed by atoms with van der Waals surface area (Å²) >= 11 is 1.52. The molecule has 3 N–H and O–H groups in total. The summed E-state index contributed by atoms with van der Waals surface area (Å²) in [7, 11) is 0. The van der Waals surface area contributed by atoms with Crippen molar-refractivity contribution < 1.29 is 24.2 Å². The molecule has 0 radical (unpaired) electrons. The standard InChI is InChI=1S/C26H28N2O5S/c1-3-4-13-23(25(30)31)27-24(29)22(14-15-34-2)28-26(32)33-16-21-19-11-7-5-9-17(19)18-10-6-8-12-20(18)21/h5-12,21-23H,13-16H2,1-2H3,(H,27,29)(H,28,32)(H,30,31). The van der Waals surface area contributed by atoms with Crippen LogP contribution in [-0.4, -0.2) is 53.8 Å². The number of carboxylic acid groups (broad SMARTS) is 1. The van der Waals surface area contributed by atoms with Crippen LogP contribution in [0.3, 0.4) is 0 Å². The van der Waals surface area contributed by atoms with Gasteiger partial charge in [0.25, 0.3) is 0 Å². The van der Waals surface area contributed by atoms with Crippen LogP contribution in [-0.2, 0) is 14.3 Å². The summed E-state index contributed by atoms with van der Waals surface area (Å²) < 4.78 is 5.54. The molecule has 0 bridgehead atoms. The lowest BCUT2D eigenvalue weighted by atomic mass is 9.98. The molecule has 178 valence electrons. The van der Waals surface area contributed by atoms with E-state index in [0.29, 0.717) is 12.2 Å². The van der Waals surface area contributed by atoms with Gasteiger partial charge in [-0.1, -0.05) is 48.5 Å². The van der Waals surface area contributed by atoms with Gasteiger partial charge in [0.2, 0.25) is 5.91 Å². The van der Waals surface area contributed by atoms with Crippen LogP contribution in [0.4, 0.5) is 4.79 Å². The summed E-state index contributed by atoms with van der Waals surface area (Å²) in [6, 6.07) is 14.0. The van der Waals surface area contributed by atoms with Gasteiger partial charge < -0.3 is 20.5 Å². The third-order valence-electron chi connectivity index (χ3n) is 5.66. The van der Waals surface area contributed by atoms with Crippen molar-refractivity contribution in [2.24, 2.45) is 0 Å². The van der Waals surface area contributed by atoms with E-state index in [1.807, 2.05) is 42.7 Å². The number of carbonyl (C=O) groups excluding carboxylic acids is 2. The molecule has 1 aliphatic rings. The molecule has 7 nitrogen and oxygen atoms in total. The summed E-state index contributed by atoms with van der Waals surface area (Å²) in [6.45, 7) is 1.72. The lowest BCUT2D eigenvalue weighted by Crippen LogP contribution is -2.52. The quantitative estimate of drug-likeness (QED) is 0.449. The highest BCUT2D eigenvalue weighted by Gasteiger charge is 2.30. The Morgan fingerprint density at radius 3 is 2.21 bits per heavy atom. The van der Waals surface area contributed by atoms with E-state index >= 15 is 0 Å². The second-order valence-corrected chi connectivity index (χ2v) is 8.82. The first-order valence-electron chi connectivity index (χ1n) is 11.0. The first kappa shape index (κ1) is 25.2. The van der Waals surface area contributed by atoms with E-state index in [-0.39, 0.29) is 18.9 Å². The SMILES string of the molecule is CC#CCC(NC(=O)C(CCSC)NC(=O)OCC1c2ccccc2-c2ccccc21)C(=O)O. The minimum Gasteiger partial charge on any atom is -0.480 e. The Balaban J connectivity index is 1.65. The van der Waals surface area contributed by atoms with Crippen LogP contribution in [0.25, 0.3) is 11.1 Å². The maximum atomic E-state index is 12.7. The minimum atomic E-state index is -1.18. The van der Waals surface area contributed by atoms with Gasteiger partial charge in [0, 0.05) is 12.3 Å². The van der Waals surface area contributed by atoms with E-state index in [1.165, 1.54) is 11.8 Å². The predicted molar refractivity (Wildman–Crippen MR) is 133 cm³/mol. The average molecular weight is 481 g/mol. The maximum absolute atomic E-state index is 12.7. The van der Waals surface area contributed by atoms with Crippen molar-refractivity contribution in [3.05, 3.63) is 59.7 Å². The van der Waals surface area contributed by atoms with Crippen molar-refractivity contribution in [1.29, 1.82) is 0 Å². The van der Waals surface area contributed by atoms with Crippen LogP contribution in [0.2, 0.25) is 0 Å². The van der Waals surface area contributed by atoms with Crippen LogP contribution >= 0.6 is 11.8 Å². The smallest absolute Gasteiger partial charge is 0.407 e. The fraction of sp³-hybridized carbons (Fsp3) is 0.346. The molecule has 34 heavy (non-hydrogen) atoms. The van der Waals surface area contributed by atoms with Crippen LogP contribution in [0, 0.1) is 11.8 Å². The van der Waals surface area contributed by atoms with Crippen molar-refractivity contribution in [1.82, 2.24) is 10.6 Å². The van der Waals surface area contributed by atoms with E-state index in [2.05, 4.69) is 34.6 Å². The van der Waals surface area contributed by atoms with Gasteiger partial charge in [-0.05, 0) is 47.6 Å². The molecule has 2 atom stereocenters. The normalized spacial score (nSPS) is 13.5. The number of thioether (sulfide) groups is 1. The first-order chi connectivity index (χ1) is 16.5. The van der Waals surface area contributed by atoms with Crippen LogP contribution in [0.5, 0.6) is 0 Å². The van der Waals surface area contributed by atoms with Gasteiger partial charge in [-0.3, -0.25) is 4.79 Å². The second kappa shape index (κ2) is 12.1. The van der Waals surface area contributed by atoms with Crippen molar-refractivity contribution in [3.63, 3.8) is 0 Å². The van der Waals surface area contributed by atoms with Crippen LogP contribution in [0.1, 0.15) is 36.8 Å². The van der Waals surface area contributed by atoms with Crippen molar-refractivity contribution >= 4 is 29.7 Å². The number of aliphatic carboxylic acids is 1. The highest BCUT2D eigenvalue weighted by molar-refractivity contribution is 7.98. The highest BCUT2D eigenvalue weighted by Crippen LogP contribution is 2.44. The summed E-state index contributed by atoms with van der Waals surface area (Å²) in [5.74, 6) is 4.04. The minimum absolute atomic E-state index is 0.0161. The Labute approximate surface area is 203 Å². The lowest BCUT2D eigenvalue weighted by molar-refractivity contribution is -0.141. The number of fused-ring (bicyclic) bond motifs is 3. The highest BCUT2D eigenvalue weighted by atomic mass is 32.2. The zero-order valence-corrected chi connectivity index (χ0v) is 20.0.